The maximum absolute atomic E-state index is 12.0. The minimum atomic E-state index is -0.391. The predicted molar refractivity (Wildman–Crippen MR) is 112 cm³/mol. The lowest BCUT2D eigenvalue weighted by Crippen LogP contribution is -2.24. The molecule has 0 fully saturated rings. The summed E-state index contributed by atoms with van der Waals surface area (Å²) in [6.45, 7) is 8.23. The molecular formula is C22H28N2O5. The smallest absolute Gasteiger partial charge is 0.277 e. The van der Waals surface area contributed by atoms with E-state index in [-0.39, 0.29) is 29.3 Å². The summed E-state index contributed by atoms with van der Waals surface area (Å²) in [6.07, 6.45) is 1.42. The van der Waals surface area contributed by atoms with E-state index in [1.807, 2.05) is 19.1 Å². The SMILES string of the molecule is COc1cc(/C=N/NC(=O)COc2ccc(C(C)(C)C)cc2C)cc(OC)c1O. The first-order chi connectivity index (χ1) is 13.7. The molecule has 0 saturated heterocycles. The molecule has 7 heteroatoms. The number of nitrogens with zero attached hydrogens (tertiary/aromatic N) is 1. The first-order valence-electron chi connectivity index (χ1n) is 9.16. The van der Waals surface area contributed by atoms with Crippen molar-refractivity contribution in [3.05, 3.63) is 47.0 Å². The number of rotatable bonds is 7. The first-order valence-corrected chi connectivity index (χ1v) is 9.16. The van der Waals surface area contributed by atoms with Gasteiger partial charge in [-0.3, -0.25) is 4.79 Å². The van der Waals surface area contributed by atoms with Crippen LogP contribution in [0.15, 0.2) is 35.4 Å². The van der Waals surface area contributed by atoms with Gasteiger partial charge in [-0.15, -0.1) is 0 Å². The van der Waals surface area contributed by atoms with Crippen LogP contribution in [0.25, 0.3) is 0 Å². The maximum Gasteiger partial charge on any atom is 0.277 e. The Morgan fingerprint density at radius 1 is 1.10 bits per heavy atom. The molecule has 0 heterocycles. The van der Waals surface area contributed by atoms with Gasteiger partial charge in [-0.1, -0.05) is 32.9 Å². The highest BCUT2D eigenvalue weighted by Crippen LogP contribution is 2.36. The van der Waals surface area contributed by atoms with Crippen LogP contribution in [0, 0.1) is 6.92 Å². The van der Waals surface area contributed by atoms with Gasteiger partial charge in [0.05, 0.1) is 20.4 Å². The molecule has 0 aliphatic carbocycles. The fourth-order valence-electron chi connectivity index (χ4n) is 2.62. The first kappa shape index (κ1) is 22.1. The summed E-state index contributed by atoms with van der Waals surface area (Å²) in [6, 6.07) is 9.09. The standard InChI is InChI=1S/C22H28N2O5/c1-14-9-16(22(2,3)4)7-8-17(14)29-13-20(25)24-23-12-15-10-18(27-5)21(26)19(11-15)28-6/h7-12,26H,13H2,1-6H3,(H,24,25)/b23-12+. The van der Waals surface area contributed by atoms with Crippen LogP contribution < -0.4 is 19.6 Å². The van der Waals surface area contributed by atoms with Crippen LogP contribution in [-0.4, -0.2) is 38.1 Å². The molecule has 2 rings (SSSR count). The van der Waals surface area contributed by atoms with Crippen LogP contribution in [0.3, 0.4) is 0 Å². The van der Waals surface area contributed by atoms with Gasteiger partial charge in [0.15, 0.2) is 18.1 Å². The molecule has 0 radical (unpaired) electrons. The van der Waals surface area contributed by atoms with Crippen LogP contribution >= 0.6 is 0 Å². The third-order valence-corrected chi connectivity index (χ3v) is 4.30. The summed E-state index contributed by atoms with van der Waals surface area (Å²) in [5, 5.41) is 13.8. The number of carbonyl (C=O) groups excluding carboxylic acids is 1. The van der Waals surface area contributed by atoms with E-state index in [0.29, 0.717) is 11.3 Å². The van der Waals surface area contributed by atoms with Gasteiger partial charge in [0.2, 0.25) is 5.75 Å². The van der Waals surface area contributed by atoms with Crippen molar-refractivity contribution in [3.8, 4) is 23.0 Å². The van der Waals surface area contributed by atoms with Crippen molar-refractivity contribution < 1.29 is 24.1 Å². The van der Waals surface area contributed by atoms with E-state index < -0.39 is 5.91 Å². The molecule has 0 aliphatic rings. The maximum atomic E-state index is 12.0. The van der Waals surface area contributed by atoms with Crippen LogP contribution in [0.2, 0.25) is 0 Å². The number of phenols is 1. The largest absolute Gasteiger partial charge is 0.502 e. The number of methoxy groups -OCH3 is 2. The Morgan fingerprint density at radius 3 is 2.24 bits per heavy atom. The van der Waals surface area contributed by atoms with Crippen LogP contribution in [0.1, 0.15) is 37.5 Å². The van der Waals surface area contributed by atoms with E-state index in [1.165, 1.54) is 26.0 Å². The van der Waals surface area contributed by atoms with E-state index in [1.54, 1.807) is 12.1 Å². The Hall–Kier alpha value is -3.22. The average Bonchev–Trinajstić information content (AvgIpc) is 2.67. The number of amides is 1. The Bertz CT molecular complexity index is 876. The van der Waals surface area contributed by atoms with Gasteiger partial charge in [-0.2, -0.15) is 5.10 Å². The number of aromatic hydroxyl groups is 1. The lowest BCUT2D eigenvalue weighted by atomic mass is 9.86. The predicted octanol–water partition coefficient (Wildman–Crippen LogP) is 3.54. The van der Waals surface area contributed by atoms with Gasteiger partial charge in [-0.25, -0.2) is 5.43 Å². The second-order valence-corrected chi connectivity index (χ2v) is 7.59. The number of hydrogen-bond acceptors (Lipinski definition) is 6. The van der Waals surface area contributed by atoms with Crippen molar-refractivity contribution in [2.24, 2.45) is 5.10 Å². The molecule has 0 aliphatic heterocycles. The molecule has 0 atom stereocenters. The van der Waals surface area contributed by atoms with Crippen molar-refractivity contribution >= 4 is 12.1 Å². The van der Waals surface area contributed by atoms with Gasteiger partial charge in [0, 0.05) is 5.56 Å². The third kappa shape index (κ3) is 5.88. The zero-order valence-electron chi connectivity index (χ0n) is 17.7. The zero-order valence-corrected chi connectivity index (χ0v) is 17.7. The van der Waals surface area contributed by atoms with Crippen molar-refractivity contribution in [1.82, 2.24) is 5.43 Å². The molecule has 2 aromatic carbocycles. The highest BCUT2D eigenvalue weighted by atomic mass is 16.5. The number of aryl methyl sites for hydroxylation is 1. The Kier molecular flexibility index (Phi) is 7.09. The monoisotopic (exact) mass is 400 g/mol. The Labute approximate surface area is 171 Å². The van der Waals surface area contributed by atoms with Gasteiger partial charge in [0.1, 0.15) is 5.75 Å². The normalized spacial score (nSPS) is 11.4. The van der Waals surface area contributed by atoms with Crippen molar-refractivity contribution in [2.45, 2.75) is 33.1 Å². The molecule has 7 nitrogen and oxygen atoms in total. The van der Waals surface area contributed by atoms with Crippen LogP contribution in [-0.2, 0) is 10.2 Å². The van der Waals surface area contributed by atoms with E-state index >= 15 is 0 Å². The third-order valence-electron chi connectivity index (χ3n) is 4.30. The van der Waals surface area contributed by atoms with E-state index in [0.717, 1.165) is 5.56 Å². The molecule has 0 spiro atoms. The molecule has 2 aromatic rings. The number of hydrogen-bond donors (Lipinski definition) is 2. The molecule has 0 unspecified atom stereocenters. The molecule has 0 bridgehead atoms. The van der Waals surface area contributed by atoms with Crippen LogP contribution in [0.4, 0.5) is 0 Å². The highest BCUT2D eigenvalue weighted by Gasteiger charge is 2.15. The lowest BCUT2D eigenvalue weighted by molar-refractivity contribution is -0.123. The zero-order chi connectivity index (χ0) is 21.6. The molecule has 1 amide bonds. The summed E-state index contributed by atoms with van der Waals surface area (Å²) in [7, 11) is 2.87. The number of benzene rings is 2. The fourth-order valence-corrected chi connectivity index (χ4v) is 2.62. The second kappa shape index (κ2) is 9.32. The number of ether oxygens (including phenoxy) is 3. The number of hydrazone groups is 1. The van der Waals surface area contributed by atoms with Crippen LogP contribution in [0.5, 0.6) is 23.0 Å². The summed E-state index contributed by atoms with van der Waals surface area (Å²) in [4.78, 5) is 12.0. The molecule has 29 heavy (non-hydrogen) atoms. The minimum Gasteiger partial charge on any atom is -0.502 e. The topological polar surface area (TPSA) is 89.4 Å². The van der Waals surface area contributed by atoms with E-state index in [2.05, 4.69) is 37.4 Å². The van der Waals surface area contributed by atoms with Crippen molar-refractivity contribution in [3.63, 3.8) is 0 Å². The Morgan fingerprint density at radius 2 is 1.72 bits per heavy atom. The minimum absolute atomic E-state index is 0.0506. The second-order valence-electron chi connectivity index (χ2n) is 7.59. The summed E-state index contributed by atoms with van der Waals surface area (Å²) >= 11 is 0. The molecular weight excluding hydrogens is 372 g/mol. The fraction of sp³-hybridized carbons (Fsp3) is 0.364. The number of nitrogens with one attached hydrogen (secondary N) is 1. The number of phenolic OH excluding ortho intramolecular Hbond substituents is 1. The van der Waals surface area contributed by atoms with Gasteiger partial charge < -0.3 is 19.3 Å². The van der Waals surface area contributed by atoms with Gasteiger partial charge in [-0.05, 0) is 41.7 Å². The summed E-state index contributed by atoms with van der Waals surface area (Å²) < 4.78 is 15.8. The molecule has 0 aromatic heterocycles. The van der Waals surface area contributed by atoms with E-state index in [9.17, 15) is 9.90 Å². The lowest BCUT2D eigenvalue weighted by Gasteiger charge is -2.20. The van der Waals surface area contributed by atoms with Crippen molar-refractivity contribution in [1.29, 1.82) is 0 Å². The molecule has 2 N–H and O–H groups in total. The van der Waals surface area contributed by atoms with Crippen molar-refractivity contribution in [2.75, 3.05) is 20.8 Å². The van der Waals surface area contributed by atoms with Gasteiger partial charge in [0.25, 0.3) is 5.91 Å². The Balaban J connectivity index is 1.95. The van der Waals surface area contributed by atoms with Gasteiger partial charge >= 0.3 is 0 Å². The average molecular weight is 400 g/mol. The molecule has 0 saturated carbocycles. The molecule has 156 valence electrons. The highest BCUT2D eigenvalue weighted by molar-refractivity contribution is 5.84. The summed E-state index contributed by atoms with van der Waals surface area (Å²) in [5.74, 6) is 0.658. The number of carbonyl (C=O) groups is 1. The summed E-state index contributed by atoms with van der Waals surface area (Å²) in [5.41, 5.74) is 5.22. The quantitative estimate of drug-likeness (QED) is 0.548. The van der Waals surface area contributed by atoms with E-state index in [4.69, 9.17) is 14.2 Å².